The molecule has 7 heteroatoms. The molecule has 0 atom stereocenters. The third kappa shape index (κ3) is 3.43. The number of rotatable bonds is 4. The summed E-state index contributed by atoms with van der Waals surface area (Å²) in [6, 6.07) is 1.39. The van der Waals surface area contributed by atoms with Crippen LogP contribution in [0.25, 0.3) is 0 Å². The van der Waals surface area contributed by atoms with E-state index in [0.717, 1.165) is 0 Å². The Bertz CT molecular complexity index is 545. The van der Waals surface area contributed by atoms with Crippen LogP contribution in [0.3, 0.4) is 0 Å². The quantitative estimate of drug-likeness (QED) is 0.651. The molecular weight excluding hydrogens is 270 g/mol. The fourth-order valence-electron chi connectivity index (χ4n) is 1.47. The third-order valence-corrected chi connectivity index (χ3v) is 2.55. The number of carbonyl (C=O) groups is 2. The van der Waals surface area contributed by atoms with Gasteiger partial charge in [0.1, 0.15) is 5.54 Å². The summed E-state index contributed by atoms with van der Waals surface area (Å²) in [7, 11) is 0. The maximum Gasteiger partial charge on any atom is 0.331 e. The van der Waals surface area contributed by atoms with E-state index in [1.165, 1.54) is 13.8 Å². The molecule has 0 radical (unpaired) electrons. The molecule has 0 aliphatic rings. The summed E-state index contributed by atoms with van der Waals surface area (Å²) in [5, 5.41) is 2.36. The highest BCUT2D eigenvalue weighted by Gasteiger charge is 2.32. The SMILES string of the molecule is CCOC(=O)C(C)(C)NC(=O)c1cc(F)c(F)cc1N. The Balaban J connectivity index is 2.97. The molecule has 1 aromatic rings. The van der Waals surface area contributed by atoms with Gasteiger partial charge in [0, 0.05) is 11.8 Å². The van der Waals surface area contributed by atoms with Crippen LogP contribution in [0.4, 0.5) is 14.5 Å². The minimum Gasteiger partial charge on any atom is -0.464 e. The summed E-state index contributed by atoms with van der Waals surface area (Å²) >= 11 is 0. The number of carbonyl (C=O) groups excluding carboxylic acids is 2. The van der Waals surface area contributed by atoms with E-state index in [9.17, 15) is 18.4 Å². The maximum absolute atomic E-state index is 13.1. The summed E-state index contributed by atoms with van der Waals surface area (Å²) in [4.78, 5) is 23.6. The van der Waals surface area contributed by atoms with Crippen molar-refractivity contribution >= 4 is 17.6 Å². The molecule has 20 heavy (non-hydrogen) atoms. The van der Waals surface area contributed by atoms with Crippen LogP contribution in [0.1, 0.15) is 31.1 Å². The minimum atomic E-state index is -1.32. The number of hydrogen-bond donors (Lipinski definition) is 2. The monoisotopic (exact) mass is 286 g/mol. The van der Waals surface area contributed by atoms with E-state index in [-0.39, 0.29) is 17.9 Å². The first-order chi connectivity index (χ1) is 9.19. The number of halogens is 2. The molecule has 0 bridgehead atoms. The van der Waals surface area contributed by atoms with E-state index in [2.05, 4.69) is 5.32 Å². The molecule has 5 nitrogen and oxygen atoms in total. The lowest BCUT2D eigenvalue weighted by Gasteiger charge is -2.24. The van der Waals surface area contributed by atoms with Crippen LogP contribution in [0.5, 0.6) is 0 Å². The molecule has 0 saturated heterocycles. The summed E-state index contributed by atoms with van der Waals surface area (Å²) < 4.78 is 30.9. The predicted octanol–water partition coefficient (Wildman–Crippen LogP) is 1.62. The summed E-state index contributed by atoms with van der Waals surface area (Å²) in [5.41, 5.74) is 3.68. The van der Waals surface area contributed by atoms with Gasteiger partial charge in [-0.1, -0.05) is 0 Å². The van der Waals surface area contributed by atoms with Gasteiger partial charge in [0.2, 0.25) is 0 Å². The van der Waals surface area contributed by atoms with E-state index in [4.69, 9.17) is 10.5 Å². The number of esters is 1. The fraction of sp³-hybridized carbons (Fsp3) is 0.385. The molecule has 0 unspecified atom stereocenters. The Hall–Kier alpha value is -2.18. The van der Waals surface area contributed by atoms with Crippen LogP contribution >= 0.6 is 0 Å². The zero-order valence-electron chi connectivity index (χ0n) is 11.4. The molecule has 0 heterocycles. The summed E-state index contributed by atoms with van der Waals surface area (Å²) in [6.07, 6.45) is 0. The van der Waals surface area contributed by atoms with Crippen molar-refractivity contribution in [2.45, 2.75) is 26.3 Å². The van der Waals surface area contributed by atoms with Gasteiger partial charge in [0.25, 0.3) is 5.91 Å². The first-order valence-corrected chi connectivity index (χ1v) is 5.93. The van der Waals surface area contributed by atoms with Crippen molar-refractivity contribution in [3.8, 4) is 0 Å². The van der Waals surface area contributed by atoms with Crippen molar-refractivity contribution in [1.82, 2.24) is 5.32 Å². The Labute approximate surface area is 115 Å². The molecule has 3 N–H and O–H groups in total. The highest BCUT2D eigenvalue weighted by atomic mass is 19.2. The van der Waals surface area contributed by atoms with Gasteiger partial charge in [0.05, 0.1) is 12.2 Å². The molecule has 1 rings (SSSR count). The van der Waals surface area contributed by atoms with Crippen molar-refractivity contribution in [1.29, 1.82) is 0 Å². The number of hydrogen-bond acceptors (Lipinski definition) is 4. The number of ether oxygens (including phenoxy) is 1. The fourth-order valence-corrected chi connectivity index (χ4v) is 1.47. The van der Waals surface area contributed by atoms with Crippen molar-refractivity contribution in [2.75, 3.05) is 12.3 Å². The highest BCUT2D eigenvalue weighted by Crippen LogP contribution is 2.18. The minimum absolute atomic E-state index is 0.158. The van der Waals surface area contributed by atoms with E-state index < -0.39 is 29.0 Å². The average molecular weight is 286 g/mol. The highest BCUT2D eigenvalue weighted by molar-refractivity contribution is 6.01. The van der Waals surface area contributed by atoms with Crippen molar-refractivity contribution in [2.24, 2.45) is 0 Å². The molecule has 0 saturated carbocycles. The van der Waals surface area contributed by atoms with E-state index in [0.29, 0.717) is 12.1 Å². The number of nitrogens with two attached hydrogens (primary N) is 1. The van der Waals surface area contributed by atoms with Crippen LogP contribution in [0.15, 0.2) is 12.1 Å². The second-order valence-electron chi connectivity index (χ2n) is 4.65. The molecule has 1 aromatic carbocycles. The van der Waals surface area contributed by atoms with Gasteiger partial charge in [0.15, 0.2) is 11.6 Å². The first kappa shape index (κ1) is 15.9. The number of nitrogens with one attached hydrogen (secondary N) is 1. The predicted molar refractivity (Wildman–Crippen MR) is 68.9 cm³/mol. The van der Waals surface area contributed by atoms with Gasteiger partial charge in [-0.05, 0) is 26.8 Å². The van der Waals surface area contributed by atoms with Crippen LogP contribution in [-0.4, -0.2) is 24.0 Å². The van der Waals surface area contributed by atoms with Crippen molar-refractivity contribution < 1.29 is 23.1 Å². The van der Waals surface area contributed by atoms with Gasteiger partial charge in [-0.15, -0.1) is 0 Å². The first-order valence-electron chi connectivity index (χ1n) is 5.93. The molecule has 110 valence electrons. The normalized spacial score (nSPS) is 11.1. The lowest BCUT2D eigenvalue weighted by atomic mass is 10.0. The summed E-state index contributed by atoms with van der Waals surface area (Å²) in [6.45, 7) is 4.65. The second kappa shape index (κ2) is 5.85. The van der Waals surface area contributed by atoms with Gasteiger partial charge in [-0.3, -0.25) is 4.79 Å². The van der Waals surface area contributed by atoms with E-state index >= 15 is 0 Å². The Morgan fingerprint density at radius 3 is 2.40 bits per heavy atom. The zero-order chi connectivity index (χ0) is 15.5. The molecule has 0 aromatic heterocycles. The molecule has 0 aliphatic carbocycles. The zero-order valence-corrected chi connectivity index (χ0v) is 11.4. The number of amides is 1. The van der Waals surface area contributed by atoms with E-state index in [1.54, 1.807) is 6.92 Å². The van der Waals surface area contributed by atoms with Crippen LogP contribution < -0.4 is 11.1 Å². The van der Waals surface area contributed by atoms with Crippen molar-refractivity contribution in [3.05, 3.63) is 29.3 Å². The van der Waals surface area contributed by atoms with Crippen LogP contribution in [0, 0.1) is 11.6 Å². The van der Waals surface area contributed by atoms with Crippen LogP contribution in [-0.2, 0) is 9.53 Å². The van der Waals surface area contributed by atoms with Gasteiger partial charge in [-0.25, -0.2) is 13.6 Å². The Kier molecular flexibility index (Phi) is 4.65. The second-order valence-corrected chi connectivity index (χ2v) is 4.65. The van der Waals surface area contributed by atoms with Gasteiger partial charge < -0.3 is 15.8 Å². The number of nitrogen functional groups attached to an aromatic ring is 1. The molecule has 1 amide bonds. The van der Waals surface area contributed by atoms with Gasteiger partial charge in [-0.2, -0.15) is 0 Å². The molecule has 0 spiro atoms. The summed E-state index contributed by atoms with van der Waals surface area (Å²) in [5.74, 6) is -3.78. The largest absolute Gasteiger partial charge is 0.464 e. The molecule has 0 fully saturated rings. The van der Waals surface area contributed by atoms with Crippen LogP contribution in [0.2, 0.25) is 0 Å². The van der Waals surface area contributed by atoms with Gasteiger partial charge >= 0.3 is 5.97 Å². The van der Waals surface area contributed by atoms with Crippen molar-refractivity contribution in [3.63, 3.8) is 0 Å². The maximum atomic E-state index is 13.1. The topological polar surface area (TPSA) is 81.4 Å². The Morgan fingerprint density at radius 2 is 1.85 bits per heavy atom. The number of benzene rings is 1. The number of anilines is 1. The van der Waals surface area contributed by atoms with E-state index in [1.807, 2.05) is 0 Å². The standard InChI is InChI=1S/C13H16F2N2O3/c1-4-20-12(19)13(2,3)17-11(18)7-5-8(14)9(15)6-10(7)16/h5-6H,4,16H2,1-3H3,(H,17,18). The average Bonchev–Trinajstić information content (AvgIpc) is 2.33. The smallest absolute Gasteiger partial charge is 0.331 e. The third-order valence-electron chi connectivity index (χ3n) is 2.55. The molecule has 0 aliphatic heterocycles. The lowest BCUT2D eigenvalue weighted by molar-refractivity contribution is -0.149. The lowest BCUT2D eigenvalue weighted by Crippen LogP contribution is -2.50. The molecular formula is C13H16F2N2O3. The Morgan fingerprint density at radius 1 is 1.30 bits per heavy atom.